The van der Waals surface area contributed by atoms with Gasteiger partial charge in [-0.1, -0.05) is 12.1 Å². The van der Waals surface area contributed by atoms with Crippen molar-refractivity contribution in [2.45, 2.75) is 25.5 Å². The second kappa shape index (κ2) is 9.43. The minimum Gasteiger partial charge on any atom is -0.487 e. The minimum atomic E-state index is 0.0272. The van der Waals surface area contributed by atoms with Crippen LogP contribution in [0.2, 0.25) is 0 Å². The van der Waals surface area contributed by atoms with Crippen LogP contribution in [0.4, 0.5) is 0 Å². The third-order valence-corrected chi connectivity index (χ3v) is 3.54. The maximum atomic E-state index is 8.81. The van der Waals surface area contributed by atoms with E-state index in [1.165, 1.54) is 5.56 Å². The lowest BCUT2D eigenvalue weighted by Gasteiger charge is -2.24. The summed E-state index contributed by atoms with van der Waals surface area (Å²) in [5.74, 6) is 0.679. The van der Waals surface area contributed by atoms with Crippen molar-refractivity contribution in [1.82, 2.24) is 14.9 Å². The van der Waals surface area contributed by atoms with E-state index in [0.29, 0.717) is 11.4 Å². The quantitative estimate of drug-likeness (QED) is 0.663. The van der Waals surface area contributed by atoms with Gasteiger partial charge >= 0.3 is 0 Å². The zero-order valence-electron chi connectivity index (χ0n) is 13.9. The summed E-state index contributed by atoms with van der Waals surface area (Å²) < 4.78 is 6.05. The molecule has 0 aliphatic rings. The van der Waals surface area contributed by atoms with Crippen LogP contribution in [-0.4, -0.2) is 34.6 Å². The number of nitriles is 1. The molecule has 5 heteroatoms. The summed E-state index contributed by atoms with van der Waals surface area (Å²) in [6.45, 7) is 5.38. The molecule has 0 fully saturated rings. The van der Waals surface area contributed by atoms with E-state index >= 15 is 0 Å². The smallest absolute Gasteiger partial charge is 0.140 e. The van der Waals surface area contributed by atoms with E-state index in [0.717, 1.165) is 25.9 Å². The summed E-state index contributed by atoms with van der Waals surface area (Å²) in [7, 11) is 2.06. The molecule has 0 radical (unpaired) electrons. The maximum Gasteiger partial charge on any atom is 0.140 e. The molecule has 0 aliphatic carbocycles. The van der Waals surface area contributed by atoms with Gasteiger partial charge in [-0.2, -0.15) is 5.26 Å². The molecule has 0 saturated carbocycles. The molecule has 0 aliphatic heterocycles. The predicted octanol–water partition coefficient (Wildman–Crippen LogP) is 3.19. The molecule has 2 rings (SSSR count). The largest absolute Gasteiger partial charge is 0.487 e. The van der Waals surface area contributed by atoms with Crippen LogP contribution in [-0.2, 0) is 6.54 Å². The summed E-state index contributed by atoms with van der Waals surface area (Å²) in [5, 5.41) is 8.81. The molecule has 124 valence electrons. The van der Waals surface area contributed by atoms with E-state index in [2.05, 4.69) is 34.6 Å². The molecule has 2 aromatic heterocycles. The van der Waals surface area contributed by atoms with Gasteiger partial charge in [0.1, 0.15) is 23.6 Å². The summed E-state index contributed by atoms with van der Waals surface area (Å²) in [4.78, 5) is 10.4. The first kappa shape index (κ1) is 17.6. The first-order chi connectivity index (χ1) is 11.7. The number of hydrogen-bond donors (Lipinski definition) is 0. The Labute approximate surface area is 143 Å². The van der Waals surface area contributed by atoms with Gasteiger partial charge in [0.05, 0.1) is 6.20 Å². The number of pyridine rings is 2. The third-order valence-electron chi connectivity index (χ3n) is 3.54. The summed E-state index contributed by atoms with van der Waals surface area (Å²) in [6, 6.07) is 9.46. The van der Waals surface area contributed by atoms with Crippen molar-refractivity contribution >= 4 is 0 Å². The molecule has 0 bridgehead atoms. The Balaban J connectivity index is 1.96. The Hall–Kier alpha value is -2.71. The first-order valence-electron chi connectivity index (χ1n) is 7.92. The van der Waals surface area contributed by atoms with Gasteiger partial charge in [-0.15, -0.1) is 6.58 Å². The van der Waals surface area contributed by atoms with Crippen LogP contribution >= 0.6 is 0 Å². The molecule has 1 atom stereocenters. The average Bonchev–Trinajstić information content (AvgIpc) is 2.61. The van der Waals surface area contributed by atoms with Gasteiger partial charge in [0.25, 0.3) is 0 Å². The molecule has 0 saturated heterocycles. The van der Waals surface area contributed by atoms with Crippen LogP contribution in [0.25, 0.3) is 0 Å². The molecule has 2 aromatic rings. The average molecular weight is 322 g/mol. The second-order valence-corrected chi connectivity index (χ2v) is 5.65. The zero-order chi connectivity index (χ0) is 17.2. The van der Waals surface area contributed by atoms with Crippen LogP contribution < -0.4 is 4.74 Å². The molecule has 24 heavy (non-hydrogen) atoms. The van der Waals surface area contributed by atoms with Gasteiger partial charge in [-0.05, 0) is 43.7 Å². The Morgan fingerprint density at radius 3 is 2.88 bits per heavy atom. The van der Waals surface area contributed by atoms with E-state index < -0.39 is 0 Å². The predicted molar refractivity (Wildman–Crippen MR) is 93.4 cm³/mol. The lowest BCUT2D eigenvalue weighted by atomic mass is 10.1. The first-order valence-corrected chi connectivity index (χ1v) is 7.92. The van der Waals surface area contributed by atoms with E-state index in [-0.39, 0.29) is 6.10 Å². The molecule has 0 amide bonds. The number of ether oxygens (including phenoxy) is 1. The Bertz CT molecular complexity index is 664. The Kier molecular flexibility index (Phi) is 6.93. The molecule has 0 spiro atoms. The topological polar surface area (TPSA) is 62.0 Å². The summed E-state index contributed by atoms with van der Waals surface area (Å²) in [6.07, 6.45) is 8.93. The lowest BCUT2D eigenvalue weighted by Crippen LogP contribution is -2.32. The van der Waals surface area contributed by atoms with Crippen LogP contribution in [0.5, 0.6) is 5.75 Å². The number of rotatable bonds is 9. The highest BCUT2D eigenvalue weighted by Crippen LogP contribution is 2.15. The van der Waals surface area contributed by atoms with Crippen molar-refractivity contribution < 1.29 is 4.74 Å². The monoisotopic (exact) mass is 322 g/mol. The third kappa shape index (κ3) is 5.82. The fourth-order valence-electron chi connectivity index (χ4n) is 2.42. The molecule has 0 aromatic carbocycles. The number of aromatic nitrogens is 2. The zero-order valence-corrected chi connectivity index (χ0v) is 13.9. The summed E-state index contributed by atoms with van der Waals surface area (Å²) in [5.41, 5.74) is 1.56. The van der Waals surface area contributed by atoms with Crippen molar-refractivity contribution in [2.24, 2.45) is 0 Å². The van der Waals surface area contributed by atoms with Crippen LogP contribution in [0, 0.1) is 11.3 Å². The fourth-order valence-corrected chi connectivity index (χ4v) is 2.42. The lowest BCUT2D eigenvalue weighted by molar-refractivity contribution is 0.136. The van der Waals surface area contributed by atoms with Crippen LogP contribution in [0.15, 0.2) is 55.5 Å². The van der Waals surface area contributed by atoms with Gasteiger partial charge in [0.15, 0.2) is 0 Å². The van der Waals surface area contributed by atoms with E-state index in [4.69, 9.17) is 10.00 Å². The van der Waals surface area contributed by atoms with Crippen LogP contribution in [0.1, 0.15) is 24.1 Å². The highest BCUT2D eigenvalue weighted by atomic mass is 16.5. The molecule has 2 heterocycles. The fraction of sp³-hybridized carbons (Fsp3) is 0.316. The normalized spacial score (nSPS) is 11.7. The van der Waals surface area contributed by atoms with E-state index in [1.807, 2.05) is 24.4 Å². The highest BCUT2D eigenvalue weighted by molar-refractivity contribution is 5.26. The number of likely N-dealkylation sites (N-methyl/N-ethyl adjacent to an activating group) is 1. The van der Waals surface area contributed by atoms with Crippen molar-refractivity contribution in [2.75, 3.05) is 13.6 Å². The number of nitrogens with zero attached hydrogens (tertiary/aromatic N) is 4. The van der Waals surface area contributed by atoms with E-state index in [9.17, 15) is 0 Å². The van der Waals surface area contributed by atoms with Gasteiger partial charge in [0.2, 0.25) is 0 Å². The van der Waals surface area contributed by atoms with Gasteiger partial charge in [0, 0.05) is 25.5 Å². The van der Waals surface area contributed by atoms with Crippen molar-refractivity contribution in [3.05, 3.63) is 66.8 Å². The molecular weight excluding hydrogens is 300 g/mol. The van der Waals surface area contributed by atoms with Crippen molar-refractivity contribution in [3.8, 4) is 11.8 Å². The second-order valence-electron chi connectivity index (χ2n) is 5.65. The molecule has 0 N–H and O–H groups in total. The molecule has 0 unspecified atom stereocenters. The Morgan fingerprint density at radius 2 is 2.25 bits per heavy atom. The standard InChI is InChI=1S/C19H22N4O/c1-3-4-7-19(24-18-9-8-17(11-20)22-13-18)15-23(2)14-16-6-5-10-21-12-16/h3,5-6,8-10,12-13,19H,1,4,7,14-15H2,2H3/t19-/m0/s1. The van der Waals surface area contributed by atoms with Crippen molar-refractivity contribution in [3.63, 3.8) is 0 Å². The number of hydrogen-bond acceptors (Lipinski definition) is 5. The highest BCUT2D eigenvalue weighted by Gasteiger charge is 2.14. The SMILES string of the molecule is C=CCC[C@@H](CN(C)Cc1cccnc1)Oc1ccc(C#N)nc1. The Morgan fingerprint density at radius 1 is 1.38 bits per heavy atom. The summed E-state index contributed by atoms with van der Waals surface area (Å²) >= 11 is 0. The van der Waals surface area contributed by atoms with Gasteiger partial charge in [-0.3, -0.25) is 9.88 Å². The van der Waals surface area contributed by atoms with Gasteiger partial charge in [-0.25, -0.2) is 4.98 Å². The molecular formula is C19H22N4O. The van der Waals surface area contributed by atoms with Crippen LogP contribution in [0.3, 0.4) is 0 Å². The van der Waals surface area contributed by atoms with Crippen molar-refractivity contribution in [1.29, 1.82) is 5.26 Å². The van der Waals surface area contributed by atoms with Gasteiger partial charge < -0.3 is 4.74 Å². The maximum absolute atomic E-state index is 8.81. The minimum absolute atomic E-state index is 0.0272. The molecule has 5 nitrogen and oxygen atoms in total. The number of allylic oxidation sites excluding steroid dienone is 1. The van der Waals surface area contributed by atoms with E-state index in [1.54, 1.807) is 24.5 Å².